The molecule has 0 aliphatic carbocycles. The van der Waals surface area contributed by atoms with Gasteiger partial charge in [-0.2, -0.15) is 0 Å². The molecule has 1 rings (SSSR count). The first kappa shape index (κ1) is 7.73. The lowest BCUT2D eigenvalue weighted by Gasteiger charge is -2.06. The molecular weight excluding hydrogens is 142 g/mol. The molecule has 0 aromatic carbocycles. The molecular formula is C8H13NS. The van der Waals surface area contributed by atoms with E-state index in [1.807, 2.05) is 11.6 Å². The topological polar surface area (TPSA) is 12.9 Å². The van der Waals surface area contributed by atoms with Crippen LogP contribution in [0.5, 0.6) is 0 Å². The van der Waals surface area contributed by atoms with Crippen LogP contribution in [0.4, 0.5) is 0 Å². The van der Waals surface area contributed by atoms with Crippen molar-refractivity contribution in [3.8, 4) is 0 Å². The Morgan fingerprint density at radius 2 is 2.20 bits per heavy atom. The molecule has 0 aliphatic heterocycles. The van der Waals surface area contributed by atoms with E-state index in [0.29, 0.717) is 5.92 Å². The van der Waals surface area contributed by atoms with Gasteiger partial charge in [-0.1, -0.05) is 13.8 Å². The molecule has 1 nitrogen and oxygen atoms in total. The zero-order valence-corrected chi connectivity index (χ0v) is 7.32. The quantitative estimate of drug-likeness (QED) is 0.653. The van der Waals surface area contributed by atoms with Crippen molar-refractivity contribution < 1.29 is 0 Å². The van der Waals surface area contributed by atoms with Crippen LogP contribution < -0.4 is 0 Å². The third-order valence-electron chi connectivity index (χ3n) is 1.79. The molecule has 10 heavy (non-hydrogen) atoms. The van der Waals surface area contributed by atoms with Gasteiger partial charge in [0, 0.05) is 17.5 Å². The predicted molar refractivity (Wildman–Crippen MR) is 45.4 cm³/mol. The molecule has 0 saturated heterocycles. The van der Waals surface area contributed by atoms with Crippen LogP contribution in [0, 0.1) is 0 Å². The second-order valence-electron chi connectivity index (χ2n) is 2.38. The highest BCUT2D eigenvalue weighted by Crippen LogP contribution is 2.23. The zero-order chi connectivity index (χ0) is 7.40. The van der Waals surface area contributed by atoms with E-state index < -0.39 is 0 Å². The van der Waals surface area contributed by atoms with Crippen LogP contribution in [0.3, 0.4) is 0 Å². The average Bonchev–Trinajstić information content (AvgIpc) is 2.43. The lowest BCUT2D eigenvalue weighted by molar-refractivity contribution is 0.637. The highest BCUT2D eigenvalue weighted by Gasteiger charge is 2.07. The third kappa shape index (κ3) is 1.57. The number of rotatable bonds is 3. The predicted octanol–water partition coefficient (Wildman–Crippen LogP) is 3.05. The molecule has 1 aromatic rings. The number of hydrogen-bond donors (Lipinski definition) is 0. The summed E-state index contributed by atoms with van der Waals surface area (Å²) in [6.45, 7) is 4.44. The van der Waals surface area contributed by atoms with Gasteiger partial charge in [0.25, 0.3) is 0 Å². The summed E-state index contributed by atoms with van der Waals surface area (Å²) in [6.07, 6.45) is 4.31. The van der Waals surface area contributed by atoms with E-state index in [1.165, 1.54) is 17.8 Å². The maximum atomic E-state index is 4.28. The standard InChI is InChI=1S/C8H13NS/c1-3-7(4-2)8-9-5-6-10-8/h5-7H,3-4H2,1-2H3. The fraction of sp³-hybridized carbons (Fsp3) is 0.625. The van der Waals surface area contributed by atoms with Crippen molar-refractivity contribution in [3.63, 3.8) is 0 Å². The Morgan fingerprint density at radius 1 is 1.50 bits per heavy atom. The van der Waals surface area contributed by atoms with Crippen LogP contribution >= 0.6 is 11.3 Å². The van der Waals surface area contributed by atoms with E-state index in [4.69, 9.17) is 0 Å². The highest BCUT2D eigenvalue weighted by molar-refractivity contribution is 7.09. The van der Waals surface area contributed by atoms with E-state index in [9.17, 15) is 0 Å². The number of aromatic nitrogens is 1. The zero-order valence-electron chi connectivity index (χ0n) is 6.50. The van der Waals surface area contributed by atoms with Crippen molar-refractivity contribution in [2.75, 3.05) is 0 Å². The molecule has 0 amide bonds. The van der Waals surface area contributed by atoms with Crippen molar-refractivity contribution in [1.29, 1.82) is 0 Å². The monoisotopic (exact) mass is 155 g/mol. The van der Waals surface area contributed by atoms with Gasteiger partial charge in [-0.25, -0.2) is 4.98 Å². The first-order valence-corrected chi connectivity index (χ1v) is 4.65. The Hall–Kier alpha value is -0.370. The number of hydrogen-bond acceptors (Lipinski definition) is 2. The molecule has 0 aliphatic rings. The highest BCUT2D eigenvalue weighted by atomic mass is 32.1. The third-order valence-corrected chi connectivity index (χ3v) is 2.72. The first-order valence-electron chi connectivity index (χ1n) is 3.77. The van der Waals surface area contributed by atoms with Gasteiger partial charge in [-0.05, 0) is 12.8 Å². The summed E-state index contributed by atoms with van der Waals surface area (Å²) in [7, 11) is 0. The van der Waals surface area contributed by atoms with Crippen LogP contribution in [0.25, 0.3) is 0 Å². The molecule has 0 saturated carbocycles. The lowest BCUT2D eigenvalue weighted by Crippen LogP contribution is -1.92. The maximum absolute atomic E-state index is 4.28. The smallest absolute Gasteiger partial charge is 0.0955 e. The second kappa shape index (κ2) is 3.71. The summed E-state index contributed by atoms with van der Waals surface area (Å²) in [5.74, 6) is 0.694. The fourth-order valence-electron chi connectivity index (χ4n) is 1.07. The van der Waals surface area contributed by atoms with Crippen LogP contribution in [-0.2, 0) is 0 Å². The van der Waals surface area contributed by atoms with Crippen LogP contribution in [0.1, 0.15) is 37.6 Å². The molecule has 56 valence electrons. The molecule has 2 heteroatoms. The summed E-state index contributed by atoms with van der Waals surface area (Å²) in [4.78, 5) is 4.28. The molecule has 1 aromatic heterocycles. The molecule has 0 radical (unpaired) electrons. The van der Waals surface area contributed by atoms with E-state index in [-0.39, 0.29) is 0 Å². The summed E-state index contributed by atoms with van der Waals surface area (Å²) < 4.78 is 0. The minimum atomic E-state index is 0.694. The lowest BCUT2D eigenvalue weighted by atomic mass is 10.1. The average molecular weight is 155 g/mol. The van der Waals surface area contributed by atoms with Gasteiger partial charge in [-0.3, -0.25) is 0 Å². The Bertz CT molecular complexity index is 165. The van der Waals surface area contributed by atoms with Gasteiger partial charge >= 0.3 is 0 Å². The SMILES string of the molecule is CCC(CC)c1nccs1. The van der Waals surface area contributed by atoms with Crippen LogP contribution in [0.15, 0.2) is 11.6 Å². The number of thiazole rings is 1. The van der Waals surface area contributed by atoms with Gasteiger partial charge in [-0.15, -0.1) is 11.3 Å². The van der Waals surface area contributed by atoms with E-state index >= 15 is 0 Å². The molecule has 0 spiro atoms. The number of nitrogens with zero attached hydrogens (tertiary/aromatic N) is 1. The summed E-state index contributed by atoms with van der Waals surface area (Å²) in [6, 6.07) is 0. The van der Waals surface area contributed by atoms with Gasteiger partial charge < -0.3 is 0 Å². The van der Waals surface area contributed by atoms with Gasteiger partial charge in [0.15, 0.2) is 0 Å². The fourth-order valence-corrected chi connectivity index (χ4v) is 1.98. The van der Waals surface area contributed by atoms with Crippen molar-refractivity contribution in [1.82, 2.24) is 4.98 Å². The van der Waals surface area contributed by atoms with Gasteiger partial charge in [0.2, 0.25) is 0 Å². The van der Waals surface area contributed by atoms with Crippen LogP contribution in [0.2, 0.25) is 0 Å². The Balaban J connectivity index is 2.64. The Labute approximate surface area is 66.1 Å². The largest absolute Gasteiger partial charge is 0.249 e. The molecule has 1 heterocycles. The second-order valence-corrected chi connectivity index (χ2v) is 3.31. The Kier molecular flexibility index (Phi) is 2.87. The normalized spacial score (nSPS) is 10.7. The molecule has 0 unspecified atom stereocenters. The minimum absolute atomic E-state index is 0.694. The Morgan fingerprint density at radius 3 is 2.60 bits per heavy atom. The minimum Gasteiger partial charge on any atom is -0.249 e. The van der Waals surface area contributed by atoms with Gasteiger partial charge in [0.1, 0.15) is 0 Å². The molecule has 0 atom stereocenters. The summed E-state index contributed by atoms with van der Waals surface area (Å²) in [5.41, 5.74) is 0. The van der Waals surface area contributed by atoms with E-state index in [1.54, 1.807) is 11.3 Å². The molecule has 0 bridgehead atoms. The van der Waals surface area contributed by atoms with E-state index in [2.05, 4.69) is 18.8 Å². The maximum Gasteiger partial charge on any atom is 0.0955 e. The van der Waals surface area contributed by atoms with Crippen molar-refractivity contribution in [2.45, 2.75) is 32.6 Å². The van der Waals surface area contributed by atoms with Crippen molar-refractivity contribution in [3.05, 3.63) is 16.6 Å². The van der Waals surface area contributed by atoms with Crippen molar-refractivity contribution >= 4 is 11.3 Å². The van der Waals surface area contributed by atoms with E-state index in [0.717, 1.165) is 0 Å². The molecule has 0 N–H and O–H groups in total. The van der Waals surface area contributed by atoms with Crippen LogP contribution in [-0.4, -0.2) is 4.98 Å². The first-order chi connectivity index (χ1) is 4.88. The summed E-state index contributed by atoms with van der Waals surface area (Å²) >= 11 is 1.77. The summed E-state index contributed by atoms with van der Waals surface area (Å²) in [5, 5.41) is 3.35. The van der Waals surface area contributed by atoms with Gasteiger partial charge in [0.05, 0.1) is 5.01 Å². The van der Waals surface area contributed by atoms with Crippen molar-refractivity contribution in [2.24, 2.45) is 0 Å². The molecule has 0 fully saturated rings.